The van der Waals surface area contributed by atoms with Crippen LogP contribution in [0.2, 0.25) is 0 Å². The number of rotatable bonds is 13. The minimum absolute atomic E-state index is 0.362. The van der Waals surface area contributed by atoms with E-state index in [1.54, 1.807) is 0 Å². The van der Waals surface area contributed by atoms with Gasteiger partial charge in [0.1, 0.15) is 0 Å². The Kier molecular flexibility index (Phi) is 14.7. The van der Waals surface area contributed by atoms with Crippen LogP contribution in [-0.2, 0) is 4.74 Å². The first-order chi connectivity index (χ1) is 9.31. The molecule has 0 saturated carbocycles. The van der Waals surface area contributed by atoms with Crippen LogP contribution in [0.4, 0.5) is 4.79 Å². The highest BCUT2D eigenvalue weighted by molar-refractivity contribution is 5.66. The minimum atomic E-state index is -0.362. The van der Waals surface area contributed by atoms with E-state index < -0.39 is 0 Å². The molecule has 114 valence electrons. The Hall–Kier alpha value is -0.770. The Morgan fingerprint density at radius 2 is 1.42 bits per heavy atom. The number of hydrogen-bond acceptors (Lipinski definition) is 3. The number of ether oxygens (including phenoxy) is 1. The van der Waals surface area contributed by atoms with Crippen molar-refractivity contribution in [3.8, 4) is 0 Å². The van der Waals surface area contributed by atoms with E-state index in [1.807, 2.05) is 0 Å². The highest BCUT2D eigenvalue weighted by Crippen LogP contribution is 2.08. The topological polar surface area (TPSA) is 50.4 Å². The first-order valence-corrected chi connectivity index (χ1v) is 7.96. The van der Waals surface area contributed by atoms with Crippen molar-refractivity contribution in [2.75, 3.05) is 13.2 Å². The van der Waals surface area contributed by atoms with Gasteiger partial charge in [0, 0.05) is 6.54 Å². The maximum atomic E-state index is 11.2. The van der Waals surface area contributed by atoms with Crippen molar-refractivity contribution in [1.29, 1.82) is 0 Å². The predicted molar refractivity (Wildman–Crippen MR) is 80.0 cm³/mol. The lowest BCUT2D eigenvalue weighted by atomic mass is 10.1. The summed E-state index contributed by atoms with van der Waals surface area (Å²) in [7, 11) is 0. The van der Waals surface area contributed by atoms with Crippen molar-refractivity contribution in [1.82, 2.24) is 10.9 Å². The van der Waals surface area contributed by atoms with Gasteiger partial charge in [0.15, 0.2) is 0 Å². The summed E-state index contributed by atoms with van der Waals surface area (Å²) in [6.07, 6.45) is 11.9. The van der Waals surface area contributed by atoms with Gasteiger partial charge >= 0.3 is 6.09 Å². The van der Waals surface area contributed by atoms with Crippen LogP contribution in [0.1, 0.15) is 78.1 Å². The number of carbonyl (C=O) groups excluding carboxylic acids is 1. The molecular formula is C15H32N2O2. The zero-order valence-electron chi connectivity index (χ0n) is 12.8. The molecule has 0 aromatic rings. The second kappa shape index (κ2) is 15.3. The summed E-state index contributed by atoms with van der Waals surface area (Å²) in [4.78, 5) is 11.2. The SMILES string of the molecule is CCCCCCCCCCOC(=O)NNCCCC. The fraction of sp³-hybridized carbons (Fsp3) is 0.933. The van der Waals surface area contributed by atoms with Crippen LogP contribution in [-0.4, -0.2) is 19.2 Å². The van der Waals surface area contributed by atoms with Crippen LogP contribution in [0, 0.1) is 0 Å². The maximum Gasteiger partial charge on any atom is 0.421 e. The number of amides is 1. The molecule has 0 atom stereocenters. The molecule has 0 unspecified atom stereocenters. The Balaban J connectivity index is 3.10. The van der Waals surface area contributed by atoms with Gasteiger partial charge in [0.25, 0.3) is 0 Å². The largest absolute Gasteiger partial charge is 0.449 e. The molecule has 0 rings (SSSR count). The molecule has 0 bridgehead atoms. The normalized spacial score (nSPS) is 10.4. The Morgan fingerprint density at radius 3 is 2.05 bits per heavy atom. The van der Waals surface area contributed by atoms with Crippen molar-refractivity contribution in [2.45, 2.75) is 78.1 Å². The second-order valence-corrected chi connectivity index (χ2v) is 5.02. The summed E-state index contributed by atoms with van der Waals surface area (Å²) in [6.45, 7) is 5.67. The summed E-state index contributed by atoms with van der Waals surface area (Å²) in [6, 6.07) is 0. The Labute approximate surface area is 118 Å². The molecule has 0 aliphatic heterocycles. The standard InChI is InChI=1S/C15H32N2O2/c1-3-5-7-8-9-10-11-12-14-19-15(18)17-16-13-6-4-2/h16H,3-14H2,1-2H3,(H,17,18). The molecule has 0 aromatic heterocycles. The van der Waals surface area contributed by atoms with Crippen LogP contribution in [0.5, 0.6) is 0 Å². The molecule has 0 heterocycles. The van der Waals surface area contributed by atoms with E-state index in [-0.39, 0.29) is 6.09 Å². The number of hydrogen-bond donors (Lipinski definition) is 2. The van der Waals surface area contributed by atoms with E-state index in [1.165, 1.54) is 38.5 Å². The number of nitrogens with one attached hydrogen (secondary N) is 2. The molecule has 0 spiro atoms. The van der Waals surface area contributed by atoms with Gasteiger partial charge < -0.3 is 4.74 Å². The minimum Gasteiger partial charge on any atom is -0.449 e. The van der Waals surface area contributed by atoms with Crippen LogP contribution >= 0.6 is 0 Å². The molecule has 0 radical (unpaired) electrons. The monoisotopic (exact) mass is 272 g/mol. The smallest absolute Gasteiger partial charge is 0.421 e. The summed E-state index contributed by atoms with van der Waals surface area (Å²) in [5, 5.41) is 0. The first kappa shape index (κ1) is 18.2. The van der Waals surface area contributed by atoms with Crippen molar-refractivity contribution < 1.29 is 9.53 Å². The van der Waals surface area contributed by atoms with E-state index in [9.17, 15) is 4.79 Å². The van der Waals surface area contributed by atoms with E-state index in [0.717, 1.165) is 32.2 Å². The zero-order chi connectivity index (χ0) is 14.2. The lowest BCUT2D eigenvalue weighted by Gasteiger charge is -2.07. The molecule has 0 fully saturated rings. The van der Waals surface area contributed by atoms with Crippen molar-refractivity contribution >= 4 is 6.09 Å². The van der Waals surface area contributed by atoms with E-state index in [4.69, 9.17) is 4.74 Å². The Morgan fingerprint density at radius 1 is 0.842 bits per heavy atom. The van der Waals surface area contributed by atoms with Crippen LogP contribution in [0.25, 0.3) is 0 Å². The third-order valence-corrected chi connectivity index (χ3v) is 3.08. The average Bonchev–Trinajstić information content (AvgIpc) is 2.42. The number of hydrazine groups is 1. The quantitative estimate of drug-likeness (QED) is 0.391. The summed E-state index contributed by atoms with van der Waals surface area (Å²) < 4.78 is 5.05. The lowest BCUT2D eigenvalue weighted by Crippen LogP contribution is -2.38. The van der Waals surface area contributed by atoms with Gasteiger partial charge in [0.05, 0.1) is 6.61 Å². The van der Waals surface area contributed by atoms with Crippen LogP contribution < -0.4 is 10.9 Å². The van der Waals surface area contributed by atoms with Crippen molar-refractivity contribution in [2.24, 2.45) is 0 Å². The molecule has 0 saturated heterocycles. The van der Waals surface area contributed by atoms with Crippen LogP contribution in [0.15, 0.2) is 0 Å². The van der Waals surface area contributed by atoms with E-state index in [0.29, 0.717) is 6.61 Å². The lowest BCUT2D eigenvalue weighted by molar-refractivity contribution is 0.139. The maximum absolute atomic E-state index is 11.2. The molecule has 0 aromatic carbocycles. The van der Waals surface area contributed by atoms with E-state index >= 15 is 0 Å². The molecule has 0 aliphatic carbocycles. The zero-order valence-corrected chi connectivity index (χ0v) is 12.8. The number of unbranched alkanes of at least 4 members (excludes halogenated alkanes) is 8. The predicted octanol–water partition coefficient (Wildman–Crippen LogP) is 4.16. The number of carbonyl (C=O) groups is 1. The average molecular weight is 272 g/mol. The molecule has 4 heteroatoms. The van der Waals surface area contributed by atoms with Gasteiger partial charge in [-0.1, -0.05) is 65.2 Å². The molecule has 2 N–H and O–H groups in total. The molecule has 19 heavy (non-hydrogen) atoms. The third-order valence-electron chi connectivity index (χ3n) is 3.08. The van der Waals surface area contributed by atoms with Gasteiger partial charge in [-0.3, -0.25) is 5.43 Å². The van der Waals surface area contributed by atoms with Crippen molar-refractivity contribution in [3.63, 3.8) is 0 Å². The summed E-state index contributed by atoms with van der Waals surface area (Å²) in [5.41, 5.74) is 5.37. The second-order valence-electron chi connectivity index (χ2n) is 5.02. The summed E-state index contributed by atoms with van der Waals surface area (Å²) in [5.74, 6) is 0. The molecule has 4 nitrogen and oxygen atoms in total. The Bertz CT molecular complexity index is 199. The van der Waals surface area contributed by atoms with Crippen LogP contribution in [0.3, 0.4) is 0 Å². The third kappa shape index (κ3) is 15.2. The highest BCUT2D eigenvalue weighted by Gasteiger charge is 1.99. The highest BCUT2D eigenvalue weighted by atomic mass is 16.6. The van der Waals surface area contributed by atoms with Crippen molar-refractivity contribution in [3.05, 3.63) is 0 Å². The summed E-state index contributed by atoms with van der Waals surface area (Å²) >= 11 is 0. The van der Waals surface area contributed by atoms with Gasteiger partial charge in [-0.05, 0) is 12.8 Å². The van der Waals surface area contributed by atoms with E-state index in [2.05, 4.69) is 24.7 Å². The fourth-order valence-electron chi connectivity index (χ4n) is 1.84. The van der Waals surface area contributed by atoms with Gasteiger partial charge in [-0.15, -0.1) is 0 Å². The molecule has 0 aliphatic rings. The van der Waals surface area contributed by atoms with Gasteiger partial charge in [-0.25, -0.2) is 10.2 Å². The fourth-order valence-corrected chi connectivity index (χ4v) is 1.84. The molecular weight excluding hydrogens is 240 g/mol. The van der Waals surface area contributed by atoms with Gasteiger partial charge in [-0.2, -0.15) is 0 Å². The molecule has 1 amide bonds. The first-order valence-electron chi connectivity index (χ1n) is 7.96. The van der Waals surface area contributed by atoms with Gasteiger partial charge in [0.2, 0.25) is 0 Å².